The molecule has 100 valence electrons. The summed E-state index contributed by atoms with van der Waals surface area (Å²) in [6.45, 7) is 7.40. The Kier molecular flexibility index (Phi) is 5.30. The molecule has 0 radical (unpaired) electrons. The molecule has 1 heterocycles. The standard InChI is InChI=1S/C15H30N2/c1-2-11-16-14-15(9-5-3-6-10-15)17-12-7-4-8-13-17/h16H,2-14H2,1H3. The van der Waals surface area contributed by atoms with Gasteiger partial charge in [0.25, 0.3) is 0 Å². The van der Waals surface area contributed by atoms with Crippen LogP contribution in [0.3, 0.4) is 0 Å². The van der Waals surface area contributed by atoms with Crippen LogP contribution in [0.4, 0.5) is 0 Å². The second-order valence-electron chi connectivity index (χ2n) is 6.01. The molecule has 0 bridgehead atoms. The van der Waals surface area contributed by atoms with Gasteiger partial charge in [0.05, 0.1) is 0 Å². The van der Waals surface area contributed by atoms with Gasteiger partial charge in [0.1, 0.15) is 0 Å². The second kappa shape index (κ2) is 6.75. The van der Waals surface area contributed by atoms with Gasteiger partial charge >= 0.3 is 0 Å². The van der Waals surface area contributed by atoms with Gasteiger partial charge in [0, 0.05) is 12.1 Å². The summed E-state index contributed by atoms with van der Waals surface area (Å²) in [5.74, 6) is 0. The number of likely N-dealkylation sites (tertiary alicyclic amines) is 1. The molecule has 0 aromatic carbocycles. The summed E-state index contributed by atoms with van der Waals surface area (Å²) < 4.78 is 0. The summed E-state index contributed by atoms with van der Waals surface area (Å²) in [4.78, 5) is 2.83. The molecule has 2 fully saturated rings. The van der Waals surface area contributed by atoms with Crippen molar-refractivity contribution < 1.29 is 0 Å². The van der Waals surface area contributed by atoms with Crippen molar-refractivity contribution in [1.82, 2.24) is 10.2 Å². The van der Waals surface area contributed by atoms with Crippen LogP contribution < -0.4 is 5.32 Å². The molecule has 0 spiro atoms. The minimum atomic E-state index is 0.522. The van der Waals surface area contributed by atoms with Crippen molar-refractivity contribution in [2.45, 2.75) is 70.3 Å². The average molecular weight is 238 g/mol. The minimum absolute atomic E-state index is 0.522. The quantitative estimate of drug-likeness (QED) is 0.740. The number of hydrogen-bond donors (Lipinski definition) is 1. The van der Waals surface area contributed by atoms with Crippen LogP contribution in [0.25, 0.3) is 0 Å². The third-order valence-electron chi connectivity index (χ3n) is 4.69. The molecule has 2 nitrogen and oxygen atoms in total. The van der Waals surface area contributed by atoms with Crippen LogP contribution in [0, 0.1) is 0 Å². The zero-order valence-corrected chi connectivity index (χ0v) is 11.6. The summed E-state index contributed by atoms with van der Waals surface area (Å²) in [5, 5.41) is 3.70. The molecule has 0 unspecified atom stereocenters. The summed E-state index contributed by atoms with van der Waals surface area (Å²) >= 11 is 0. The monoisotopic (exact) mass is 238 g/mol. The lowest BCUT2D eigenvalue weighted by molar-refractivity contribution is 0.0337. The molecule has 0 atom stereocenters. The van der Waals surface area contributed by atoms with E-state index >= 15 is 0 Å². The molecule has 1 N–H and O–H groups in total. The Hall–Kier alpha value is -0.0800. The van der Waals surface area contributed by atoms with Gasteiger partial charge in [-0.25, -0.2) is 0 Å². The smallest absolute Gasteiger partial charge is 0.0333 e. The average Bonchev–Trinajstić information content (AvgIpc) is 2.41. The minimum Gasteiger partial charge on any atom is -0.315 e. The molecule has 0 aromatic heterocycles. The van der Waals surface area contributed by atoms with Gasteiger partial charge in [-0.3, -0.25) is 4.90 Å². The van der Waals surface area contributed by atoms with Crippen molar-refractivity contribution in [2.24, 2.45) is 0 Å². The van der Waals surface area contributed by atoms with Gasteiger partial charge in [0.15, 0.2) is 0 Å². The predicted molar refractivity (Wildman–Crippen MR) is 74.4 cm³/mol. The van der Waals surface area contributed by atoms with E-state index in [-0.39, 0.29) is 0 Å². The first-order chi connectivity index (χ1) is 8.37. The van der Waals surface area contributed by atoms with Crippen molar-refractivity contribution in [3.05, 3.63) is 0 Å². The fourth-order valence-corrected chi connectivity index (χ4v) is 3.68. The lowest BCUT2D eigenvalue weighted by Gasteiger charge is -2.48. The van der Waals surface area contributed by atoms with Gasteiger partial charge in [0.2, 0.25) is 0 Å². The molecule has 2 rings (SSSR count). The third-order valence-corrected chi connectivity index (χ3v) is 4.69. The number of rotatable bonds is 5. The fraction of sp³-hybridized carbons (Fsp3) is 1.00. The van der Waals surface area contributed by atoms with Crippen LogP contribution in [0.15, 0.2) is 0 Å². The Morgan fingerprint density at radius 3 is 2.24 bits per heavy atom. The molecular formula is C15H30N2. The first-order valence-corrected chi connectivity index (χ1v) is 7.83. The van der Waals surface area contributed by atoms with E-state index in [1.807, 2.05) is 0 Å². The topological polar surface area (TPSA) is 15.3 Å². The third kappa shape index (κ3) is 3.45. The van der Waals surface area contributed by atoms with E-state index in [2.05, 4.69) is 17.1 Å². The maximum Gasteiger partial charge on any atom is 0.0333 e. The summed E-state index contributed by atoms with van der Waals surface area (Å²) in [5.41, 5.74) is 0.522. The summed E-state index contributed by atoms with van der Waals surface area (Å²) in [6.07, 6.45) is 12.8. The normalized spacial score (nSPS) is 25.9. The van der Waals surface area contributed by atoms with Gasteiger partial charge < -0.3 is 5.32 Å². The Balaban J connectivity index is 1.94. The van der Waals surface area contributed by atoms with Crippen LogP contribution in [0.5, 0.6) is 0 Å². The van der Waals surface area contributed by atoms with E-state index in [1.165, 1.54) is 84.0 Å². The van der Waals surface area contributed by atoms with E-state index < -0.39 is 0 Å². The molecular weight excluding hydrogens is 208 g/mol. The molecule has 1 saturated heterocycles. The van der Waals surface area contributed by atoms with Crippen molar-refractivity contribution in [1.29, 1.82) is 0 Å². The molecule has 1 aliphatic carbocycles. The zero-order chi connectivity index (χ0) is 12.0. The molecule has 2 aliphatic rings. The fourth-order valence-electron chi connectivity index (χ4n) is 3.68. The molecule has 17 heavy (non-hydrogen) atoms. The maximum atomic E-state index is 3.70. The largest absolute Gasteiger partial charge is 0.315 e. The lowest BCUT2D eigenvalue weighted by Crippen LogP contribution is -2.57. The number of nitrogens with zero attached hydrogens (tertiary/aromatic N) is 1. The van der Waals surface area contributed by atoms with Crippen LogP contribution in [-0.2, 0) is 0 Å². The van der Waals surface area contributed by atoms with Crippen LogP contribution in [0.2, 0.25) is 0 Å². The van der Waals surface area contributed by atoms with Gasteiger partial charge in [-0.15, -0.1) is 0 Å². The Bertz CT molecular complexity index is 203. The Labute approximate surface area is 107 Å². The van der Waals surface area contributed by atoms with Gasteiger partial charge in [-0.1, -0.05) is 32.6 Å². The Morgan fingerprint density at radius 1 is 0.941 bits per heavy atom. The van der Waals surface area contributed by atoms with E-state index in [9.17, 15) is 0 Å². The lowest BCUT2D eigenvalue weighted by atomic mass is 9.79. The van der Waals surface area contributed by atoms with E-state index in [4.69, 9.17) is 0 Å². The second-order valence-corrected chi connectivity index (χ2v) is 6.01. The van der Waals surface area contributed by atoms with Crippen LogP contribution >= 0.6 is 0 Å². The molecule has 0 amide bonds. The molecule has 0 aromatic rings. The highest BCUT2D eigenvalue weighted by Crippen LogP contribution is 2.35. The van der Waals surface area contributed by atoms with Gasteiger partial charge in [-0.05, 0) is 51.7 Å². The summed E-state index contributed by atoms with van der Waals surface area (Å²) in [7, 11) is 0. The van der Waals surface area contributed by atoms with E-state index in [0.717, 1.165) is 0 Å². The highest BCUT2D eigenvalue weighted by atomic mass is 15.2. The first kappa shape index (κ1) is 13.4. The first-order valence-electron chi connectivity index (χ1n) is 7.83. The maximum absolute atomic E-state index is 3.70. The van der Waals surface area contributed by atoms with Crippen LogP contribution in [0.1, 0.15) is 64.7 Å². The molecule has 1 saturated carbocycles. The number of nitrogens with one attached hydrogen (secondary N) is 1. The van der Waals surface area contributed by atoms with E-state index in [1.54, 1.807) is 0 Å². The SMILES string of the molecule is CCCNCC1(N2CCCCC2)CCCCC1. The van der Waals surface area contributed by atoms with Crippen LogP contribution in [-0.4, -0.2) is 36.6 Å². The highest BCUT2D eigenvalue weighted by molar-refractivity contribution is 4.95. The molecule has 1 aliphatic heterocycles. The zero-order valence-electron chi connectivity index (χ0n) is 11.6. The van der Waals surface area contributed by atoms with Gasteiger partial charge in [-0.2, -0.15) is 0 Å². The van der Waals surface area contributed by atoms with Crippen molar-refractivity contribution in [2.75, 3.05) is 26.2 Å². The van der Waals surface area contributed by atoms with Crippen molar-refractivity contribution >= 4 is 0 Å². The number of hydrogen-bond acceptors (Lipinski definition) is 2. The van der Waals surface area contributed by atoms with Crippen molar-refractivity contribution in [3.8, 4) is 0 Å². The predicted octanol–water partition coefficient (Wildman–Crippen LogP) is 3.17. The summed E-state index contributed by atoms with van der Waals surface area (Å²) in [6, 6.07) is 0. The van der Waals surface area contributed by atoms with E-state index in [0.29, 0.717) is 5.54 Å². The van der Waals surface area contributed by atoms with Crippen molar-refractivity contribution in [3.63, 3.8) is 0 Å². The number of piperidine rings is 1. The molecule has 2 heteroatoms. The highest BCUT2D eigenvalue weighted by Gasteiger charge is 2.37. The Morgan fingerprint density at radius 2 is 1.59 bits per heavy atom.